The average molecular weight is 413 g/mol. The predicted molar refractivity (Wildman–Crippen MR) is 91.5 cm³/mol. The Labute approximate surface area is 141 Å². The second-order valence-corrected chi connectivity index (χ2v) is 6.26. The van der Waals surface area contributed by atoms with Crippen LogP contribution in [0.1, 0.15) is 11.5 Å². The van der Waals surface area contributed by atoms with Crippen molar-refractivity contribution in [2.45, 2.75) is 5.92 Å². The van der Waals surface area contributed by atoms with Gasteiger partial charge in [0.1, 0.15) is 0 Å². The second kappa shape index (κ2) is 7.61. The van der Waals surface area contributed by atoms with E-state index in [9.17, 15) is 4.79 Å². The van der Waals surface area contributed by atoms with Crippen molar-refractivity contribution in [3.05, 3.63) is 63.0 Å². The molecule has 0 heterocycles. The van der Waals surface area contributed by atoms with Crippen molar-refractivity contribution in [1.82, 2.24) is 0 Å². The quantitative estimate of drug-likeness (QED) is 0.730. The molecule has 0 saturated heterocycles. The van der Waals surface area contributed by atoms with Crippen LogP contribution < -0.4 is 5.32 Å². The van der Waals surface area contributed by atoms with Gasteiger partial charge in [0.15, 0.2) is 0 Å². The number of methoxy groups -OCH3 is 1. The van der Waals surface area contributed by atoms with Crippen LogP contribution in [0.4, 0.5) is 5.69 Å². The fourth-order valence-corrected chi connectivity index (χ4v) is 3.20. The van der Waals surface area contributed by atoms with E-state index in [1.807, 2.05) is 48.5 Å². The molecule has 0 aliphatic heterocycles. The van der Waals surface area contributed by atoms with E-state index in [2.05, 4.69) is 37.2 Å². The van der Waals surface area contributed by atoms with Crippen molar-refractivity contribution in [2.75, 3.05) is 19.0 Å². The fraction of sp³-hybridized carbons (Fsp3) is 0.188. The fourth-order valence-electron chi connectivity index (χ4n) is 2.01. The number of halogens is 2. The molecule has 21 heavy (non-hydrogen) atoms. The second-order valence-electron chi connectivity index (χ2n) is 4.49. The zero-order chi connectivity index (χ0) is 15.2. The number of rotatable bonds is 5. The maximum Gasteiger partial charge on any atom is 0.314 e. The van der Waals surface area contributed by atoms with E-state index in [0.717, 1.165) is 20.2 Å². The lowest BCUT2D eigenvalue weighted by Gasteiger charge is -2.17. The van der Waals surface area contributed by atoms with Gasteiger partial charge < -0.3 is 10.1 Å². The van der Waals surface area contributed by atoms with Gasteiger partial charge in [-0.15, -0.1) is 0 Å². The lowest BCUT2D eigenvalue weighted by Crippen LogP contribution is -2.22. The summed E-state index contributed by atoms with van der Waals surface area (Å²) in [7, 11) is 1.41. The molecule has 1 N–H and O–H groups in total. The molecule has 2 aromatic rings. The van der Waals surface area contributed by atoms with Gasteiger partial charge in [0.05, 0.1) is 13.0 Å². The van der Waals surface area contributed by atoms with Crippen LogP contribution in [-0.4, -0.2) is 19.6 Å². The zero-order valence-corrected chi connectivity index (χ0v) is 14.6. The predicted octanol–water partition coefficient (Wildman–Crippen LogP) is 4.58. The molecule has 3 nitrogen and oxygen atoms in total. The summed E-state index contributed by atoms with van der Waals surface area (Å²) in [5.74, 6) is -0.589. The van der Waals surface area contributed by atoms with Crippen molar-refractivity contribution in [1.29, 1.82) is 0 Å². The number of carbonyl (C=O) groups excluding carboxylic acids is 1. The SMILES string of the molecule is COC(=O)C(CNc1ccc(Br)cc1Br)c1ccccc1. The van der Waals surface area contributed by atoms with Gasteiger partial charge in [-0.2, -0.15) is 0 Å². The van der Waals surface area contributed by atoms with Crippen molar-refractivity contribution in [2.24, 2.45) is 0 Å². The molecule has 0 fully saturated rings. The number of carbonyl (C=O) groups is 1. The molecule has 0 aromatic heterocycles. The minimum atomic E-state index is -0.341. The molecule has 0 saturated carbocycles. The minimum absolute atomic E-state index is 0.248. The number of esters is 1. The van der Waals surface area contributed by atoms with Gasteiger partial charge in [0.2, 0.25) is 0 Å². The Morgan fingerprint density at radius 1 is 1.19 bits per heavy atom. The maximum absolute atomic E-state index is 12.0. The standard InChI is InChI=1S/C16H15Br2NO2/c1-21-16(20)13(11-5-3-2-4-6-11)10-19-15-8-7-12(17)9-14(15)18/h2-9,13,19H,10H2,1H3. The highest BCUT2D eigenvalue weighted by Crippen LogP contribution is 2.27. The van der Waals surface area contributed by atoms with Gasteiger partial charge in [0.25, 0.3) is 0 Å². The van der Waals surface area contributed by atoms with E-state index in [-0.39, 0.29) is 11.9 Å². The lowest BCUT2D eigenvalue weighted by atomic mass is 9.99. The van der Waals surface area contributed by atoms with E-state index in [1.54, 1.807) is 0 Å². The number of hydrogen-bond donors (Lipinski definition) is 1. The highest BCUT2D eigenvalue weighted by Gasteiger charge is 2.21. The molecular weight excluding hydrogens is 398 g/mol. The van der Waals surface area contributed by atoms with Crippen molar-refractivity contribution in [3.8, 4) is 0 Å². The van der Waals surface area contributed by atoms with E-state index in [4.69, 9.17) is 4.74 Å². The number of anilines is 1. The summed E-state index contributed by atoms with van der Waals surface area (Å²) >= 11 is 6.91. The number of benzene rings is 2. The van der Waals surface area contributed by atoms with Crippen LogP contribution in [0.25, 0.3) is 0 Å². The molecule has 5 heteroatoms. The summed E-state index contributed by atoms with van der Waals surface area (Å²) in [4.78, 5) is 12.0. The molecule has 0 spiro atoms. The van der Waals surface area contributed by atoms with Gasteiger partial charge in [-0.05, 0) is 39.7 Å². The molecule has 0 bridgehead atoms. The van der Waals surface area contributed by atoms with Gasteiger partial charge in [-0.25, -0.2) is 0 Å². The molecular formula is C16H15Br2NO2. The first-order valence-corrected chi connectivity index (χ1v) is 8.02. The van der Waals surface area contributed by atoms with Crippen molar-refractivity contribution < 1.29 is 9.53 Å². The molecule has 2 rings (SSSR count). The van der Waals surface area contributed by atoms with Gasteiger partial charge in [0, 0.05) is 21.2 Å². The Morgan fingerprint density at radius 2 is 1.90 bits per heavy atom. The Kier molecular flexibility index (Phi) is 5.82. The summed E-state index contributed by atoms with van der Waals surface area (Å²) in [5, 5.41) is 3.29. The smallest absolute Gasteiger partial charge is 0.314 e. The molecule has 0 aliphatic carbocycles. The van der Waals surface area contributed by atoms with Crippen LogP contribution in [0.5, 0.6) is 0 Å². The highest BCUT2D eigenvalue weighted by molar-refractivity contribution is 9.11. The van der Waals surface area contributed by atoms with Gasteiger partial charge in [-0.1, -0.05) is 46.3 Å². The van der Waals surface area contributed by atoms with Crippen molar-refractivity contribution >= 4 is 43.5 Å². The summed E-state index contributed by atoms with van der Waals surface area (Å²) in [6.45, 7) is 0.469. The highest BCUT2D eigenvalue weighted by atomic mass is 79.9. The molecule has 110 valence electrons. The summed E-state index contributed by atoms with van der Waals surface area (Å²) in [6.07, 6.45) is 0. The lowest BCUT2D eigenvalue weighted by molar-refractivity contribution is -0.142. The first-order chi connectivity index (χ1) is 10.1. The Balaban J connectivity index is 2.15. The van der Waals surface area contributed by atoms with Crippen LogP contribution in [0.2, 0.25) is 0 Å². The Morgan fingerprint density at radius 3 is 2.52 bits per heavy atom. The van der Waals surface area contributed by atoms with Crippen LogP contribution in [0, 0.1) is 0 Å². The van der Waals surface area contributed by atoms with Crippen molar-refractivity contribution in [3.63, 3.8) is 0 Å². The molecule has 2 aromatic carbocycles. The number of nitrogens with one attached hydrogen (secondary N) is 1. The molecule has 0 amide bonds. The van der Waals surface area contributed by atoms with Gasteiger partial charge >= 0.3 is 5.97 Å². The minimum Gasteiger partial charge on any atom is -0.468 e. The molecule has 1 unspecified atom stereocenters. The summed E-state index contributed by atoms with van der Waals surface area (Å²) in [5.41, 5.74) is 1.87. The topological polar surface area (TPSA) is 38.3 Å². The normalized spacial score (nSPS) is 11.8. The zero-order valence-electron chi connectivity index (χ0n) is 11.5. The number of hydrogen-bond acceptors (Lipinski definition) is 3. The molecule has 0 aliphatic rings. The average Bonchev–Trinajstić information content (AvgIpc) is 2.50. The van der Waals surface area contributed by atoms with Crippen LogP contribution >= 0.6 is 31.9 Å². The first-order valence-electron chi connectivity index (χ1n) is 6.43. The van der Waals surface area contributed by atoms with E-state index in [0.29, 0.717) is 6.54 Å². The number of ether oxygens (including phenoxy) is 1. The monoisotopic (exact) mass is 411 g/mol. The van der Waals surface area contributed by atoms with E-state index >= 15 is 0 Å². The van der Waals surface area contributed by atoms with E-state index < -0.39 is 0 Å². The van der Waals surface area contributed by atoms with Gasteiger partial charge in [-0.3, -0.25) is 4.79 Å². The molecule has 0 radical (unpaired) electrons. The third-order valence-electron chi connectivity index (χ3n) is 3.12. The third kappa shape index (κ3) is 4.32. The third-order valence-corrected chi connectivity index (χ3v) is 4.26. The van der Waals surface area contributed by atoms with E-state index in [1.165, 1.54) is 7.11 Å². The Hall–Kier alpha value is -1.33. The largest absolute Gasteiger partial charge is 0.468 e. The summed E-state index contributed by atoms with van der Waals surface area (Å²) < 4.78 is 6.84. The van der Waals surface area contributed by atoms with Crippen LogP contribution in [0.3, 0.4) is 0 Å². The maximum atomic E-state index is 12.0. The van der Waals surface area contributed by atoms with Crippen LogP contribution in [0.15, 0.2) is 57.5 Å². The molecule has 1 atom stereocenters. The van der Waals surface area contributed by atoms with Crippen LogP contribution in [-0.2, 0) is 9.53 Å². The first kappa shape index (κ1) is 16.0. The summed E-state index contributed by atoms with van der Waals surface area (Å²) in [6, 6.07) is 15.5. The Bertz CT molecular complexity index is 617.